The van der Waals surface area contributed by atoms with E-state index in [1.807, 2.05) is 12.1 Å². The highest BCUT2D eigenvalue weighted by atomic mass is 16.1. The molecule has 1 aromatic heterocycles. The molecule has 0 spiro atoms. The van der Waals surface area contributed by atoms with Crippen LogP contribution in [0.5, 0.6) is 0 Å². The van der Waals surface area contributed by atoms with E-state index in [1.54, 1.807) is 0 Å². The zero-order valence-electron chi connectivity index (χ0n) is 12.1. The summed E-state index contributed by atoms with van der Waals surface area (Å²) < 4.78 is 0. The average molecular weight is 283 g/mol. The Balaban J connectivity index is 1.68. The number of pyridine rings is 1. The van der Waals surface area contributed by atoms with Crippen LogP contribution in [-0.2, 0) is 25.9 Å². The molecule has 4 heteroatoms. The highest BCUT2D eigenvalue weighted by molar-refractivity contribution is 5.27. The molecule has 0 radical (unpaired) electrons. The molecule has 0 unspecified atom stereocenters. The van der Waals surface area contributed by atoms with E-state index in [0.717, 1.165) is 38.2 Å². The van der Waals surface area contributed by atoms with Crippen LogP contribution < -0.4 is 11.3 Å². The number of nitrogens with one attached hydrogen (secondary N) is 1. The monoisotopic (exact) mass is 283 g/mol. The van der Waals surface area contributed by atoms with Gasteiger partial charge in [-0.2, -0.15) is 0 Å². The molecule has 2 aromatic rings. The molecule has 4 nitrogen and oxygen atoms in total. The maximum Gasteiger partial charge on any atom is 0.252 e. The lowest BCUT2D eigenvalue weighted by Crippen LogP contribution is -2.34. The normalized spacial score (nSPS) is 14.9. The number of aromatic amines is 1. The van der Waals surface area contributed by atoms with Crippen LogP contribution in [0.3, 0.4) is 0 Å². The SMILES string of the molecule is NCc1cc2c([nH]c1=O)CCN(CCc1ccccc1)C2. The summed E-state index contributed by atoms with van der Waals surface area (Å²) in [6.07, 6.45) is 1.97. The second-order valence-electron chi connectivity index (χ2n) is 5.59. The van der Waals surface area contributed by atoms with Crippen molar-refractivity contribution in [3.05, 3.63) is 69.1 Å². The third-order valence-electron chi connectivity index (χ3n) is 4.14. The van der Waals surface area contributed by atoms with Crippen molar-refractivity contribution in [2.45, 2.75) is 25.9 Å². The number of nitrogens with zero attached hydrogens (tertiary/aromatic N) is 1. The first-order chi connectivity index (χ1) is 10.3. The molecule has 1 aliphatic heterocycles. The van der Waals surface area contributed by atoms with Crippen LogP contribution >= 0.6 is 0 Å². The summed E-state index contributed by atoms with van der Waals surface area (Å²) in [6, 6.07) is 12.5. The summed E-state index contributed by atoms with van der Waals surface area (Å²) in [5, 5.41) is 0. The molecular formula is C17H21N3O. The molecule has 2 heterocycles. The molecule has 1 aromatic carbocycles. The second kappa shape index (κ2) is 6.24. The zero-order valence-corrected chi connectivity index (χ0v) is 12.1. The van der Waals surface area contributed by atoms with E-state index in [2.05, 4.69) is 34.1 Å². The first-order valence-corrected chi connectivity index (χ1v) is 7.46. The average Bonchev–Trinajstić information content (AvgIpc) is 2.53. The lowest BCUT2D eigenvalue weighted by Gasteiger charge is -2.28. The Bertz CT molecular complexity index is 663. The van der Waals surface area contributed by atoms with Crippen molar-refractivity contribution in [3.63, 3.8) is 0 Å². The van der Waals surface area contributed by atoms with E-state index in [1.165, 1.54) is 11.1 Å². The van der Waals surface area contributed by atoms with Crippen molar-refractivity contribution in [3.8, 4) is 0 Å². The standard InChI is InChI=1S/C17H21N3O/c18-11-14-10-15-12-20(9-7-16(15)19-17(14)21)8-6-13-4-2-1-3-5-13/h1-5,10H,6-9,11-12,18H2,(H,19,21). The van der Waals surface area contributed by atoms with E-state index >= 15 is 0 Å². The topological polar surface area (TPSA) is 62.1 Å². The van der Waals surface area contributed by atoms with E-state index in [4.69, 9.17) is 5.73 Å². The molecule has 0 amide bonds. The van der Waals surface area contributed by atoms with Gasteiger partial charge in [0.15, 0.2) is 0 Å². The number of hydrogen-bond acceptors (Lipinski definition) is 3. The third kappa shape index (κ3) is 3.23. The Kier molecular flexibility index (Phi) is 4.18. The predicted molar refractivity (Wildman–Crippen MR) is 84.1 cm³/mol. The van der Waals surface area contributed by atoms with Crippen LogP contribution in [0.2, 0.25) is 0 Å². The number of aromatic nitrogens is 1. The maximum atomic E-state index is 11.8. The molecule has 3 N–H and O–H groups in total. The van der Waals surface area contributed by atoms with Crippen LogP contribution in [-0.4, -0.2) is 23.0 Å². The molecule has 21 heavy (non-hydrogen) atoms. The van der Waals surface area contributed by atoms with Gasteiger partial charge < -0.3 is 10.7 Å². The smallest absolute Gasteiger partial charge is 0.252 e. The largest absolute Gasteiger partial charge is 0.326 e. The molecule has 0 bridgehead atoms. The van der Waals surface area contributed by atoms with Crippen molar-refractivity contribution in [1.82, 2.24) is 9.88 Å². The van der Waals surface area contributed by atoms with Crippen LogP contribution in [0.1, 0.15) is 22.4 Å². The summed E-state index contributed by atoms with van der Waals surface area (Å²) in [7, 11) is 0. The lowest BCUT2D eigenvalue weighted by atomic mass is 10.0. The molecule has 0 aliphatic carbocycles. The number of H-pyrrole nitrogens is 1. The van der Waals surface area contributed by atoms with Crippen molar-refractivity contribution >= 4 is 0 Å². The van der Waals surface area contributed by atoms with Crippen LogP contribution in [0, 0.1) is 0 Å². The van der Waals surface area contributed by atoms with Gasteiger partial charge in [0.1, 0.15) is 0 Å². The maximum absolute atomic E-state index is 11.8. The zero-order chi connectivity index (χ0) is 14.7. The summed E-state index contributed by atoms with van der Waals surface area (Å²) in [5.41, 5.74) is 9.93. The summed E-state index contributed by atoms with van der Waals surface area (Å²) in [5.74, 6) is 0. The van der Waals surface area contributed by atoms with Gasteiger partial charge in [-0.15, -0.1) is 0 Å². The lowest BCUT2D eigenvalue weighted by molar-refractivity contribution is 0.255. The fourth-order valence-corrected chi connectivity index (χ4v) is 2.89. The van der Waals surface area contributed by atoms with Gasteiger partial charge >= 0.3 is 0 Å². The highest BCUT2D eigenvalue weighted by Gasteiger charge is 2.17. The first-order valence-electron chi connectivity index (χ1n) is 7.46. The summed E-state index contributed by atoms with van der Waals surface area (Å²) in [4.78, 5) is 17.2. The second-order valence-corrected chi connectivity index (χ2v) is 5.59. The van der Waals surface area contributed by atoms with Gasteiger partial charge in [-0.05, 0) is 23.6 Å². The fourth-order valence-electron chi connectivity index (χ4n) is 2.89. The van der Waals surface area contributed by atoms with Crippen molar-refractivity contribution < 1.29 is 0 Å². The Morgan fingerprint density at radius 3 is 2.81 bits per heavy atom. The van der Waals surface area contributed by atoms with E-state index in [-0.39, 0.29) is 5.56 Å². The van der Waals surface area contributed by atoms with E-state index < -0.39 is 0 Å². The van der Waals surface area contributed by atoms with Gasteiger partial charge in [-0.1, -0.05) is 30.3 Å². The van der Waals surface area contributed by atoms with Gasteiger partial charge in [0.05, 0.1) is 0 Å². The molecule has 0 atom stereocenters. The van der Waals surface area contributed by atoms with Crippen LogP contribution in [0.4, 0.5) is 0 Å². The molecule has 1 aliphatic rings. The van der Waals surface area contributed by atoms with Gasteiger partial charge in [-0.3, -0.25) is 9.69 Å². The molecule has 0 fully saturated rings. The first kappa shape index (κ1) is 14.0. The Hall–Kier alpha value is -1.91. The molecule has 110 valence electrons. The van der Waals surface area contributed by atoms with Crippen molar-refractivity contribution in [2.75, 3.05) is 13.1 Å². The Labute approximate surface area is 124 Å². The molecular weight excluding hydrogens is 262 g/mol. The van der Waals surface area contributed by atoms with Gasteiger partial charge in [0, 0.05) is 43.9 Å². The third-order valence-corrected chi connectivity index (χ3v) is 4.14. The minimum absolute atomic E-state index is 0.0333. The summed E-state index contributed by atoms with van der Waals surface area (Å²) in [6.45, 7) is 3.23. The minimum atomic E-state index is -0.0333. The number of hydrogen-bond donors (Lipinski definition) is 2. The van der Waals surface area contributed by atoms with E-state index in [0.29, 0.717) is 12.1 Å². The van der Waals surface area contributed by atoms with Crippen LogP contribution in [0.25, 0.3) is 0 Å². The number of rotatable bonds is 4. The number of fused-ring (bicyclic) bond motifs is 1. The van der Waals surface area contributed by atoms with Crippen LogP contribution in [0.15, 0.2) is 41.2 Å². The molecule has 0 saturated carbocycles. The molecule has 3 rings (SSSR count). The van der Waals surface area contributed by atoms with Gasteiger partial charge in [0.2, 0.25) is 0 Å². The number of nitrogens with two attached hydrogens (primary N) is 1. The quantitative estimate of drug-likeness (QED) is 0.892. The Morgan fingerprint density at radius 1 is 1.24 bits per heavy atom. The van der Waals surface area contributed by atoms with Gasteiger partial charge in [-0.25, -0.2) is 0 Å². The van der Waals surface area contributed by atoms with Crippen molar-refractivity contribution in [2.24, 2.45) is 5.73 Å². The summed E-state index contributed by atoms with van der Waals surface area (Å²) >= 11 is 0. The minimum Gasteiger partial charge on any atom is -0.326 e. The Morgan fingerprint density at radius 2 is 2.05 bits per heavy atom. The molecule has 0 saturated heterocycles. The van der Waals surface area contributed by atoms with Gasteiger partial charge in [0.25, 0.3) is 5.56 Å². The van der Waals surface area contributed by atoms with E-state index in [9.17, 15) is 4.79 Å². The number of benzene rings is 1. The fraction of sp³-hybridized carbons (Fsp3) is 0.353. The van der Waals surface area contributed by atoms with Crippen molar-refractivity contribution in [1.29, 1.82) is 0 Å². The predicted octanol–water partition coefficient (Wildman–Crippen LogP) is 1.43. The highest BCUT2D eigenvalue weighted by Crippen LogP contribution is 2.17.